The van der Waals surface area contributed by atoms with E-state index >= 15 is 0 Å². The van der Waals surface area contributed by atoms with Gasteiger partial charge in [0.2, 0.25) is 5.95 Å². The van der Waals surface area contributed by atoms with Crippen LogP contribution in [0.15, 0.2) is 42.5 Å². The molecule has 0 aliphatic rings. The van der Waals surface area contributed by atoms with Gasteiger partial charge < -0.3 is 15.0 Å². The molecule has 0 radical (unpaired) electrons. The van der Waals surface area contributed by atoms with Crippen LogP contribution in [-0.2, 0) is 13.0 Å². The van der Waals surface area contributed by atoms with E-state index in [1.807, 2.05) is 24.3 Å². The Morgan fingerprint density at radius 2 is 2.05 bits per heavy atom. The molecule has 0 bridgehead atoms. The molecule has 0 atom stereocenters. The lowest BCUT2D eigenvalue weighted by atomic mass is 10.1. The number of para-hydroxylation sites is 1. The Morgan fingerprint density at radius 3 is 2.86 bits per heavy atom. The van der Waals surface area contributed by atoms with Crippen LogP contribution in [-0.4, -0.2) is 16.7 Å². The van der Waals surface area contributed by atoms with Gasteiger partial charge in [-0.1, -0.05) is 18.2 Å². The largest absolute Gasteiger partial charge is 0.496 e. The first-order valence-corrected chi connectivity index (χ1v) is 7.80. The zero-order valence-electron chi connectivity index (χ0n) is 11.7. The molecule has 2 N–H and O–H groups in total. The van der Waals surface area contributed by atoms with Gasteiger partial charge in [0.15, 0.2) is 0 Å². The van der Waals surface area contributed by atoms with Crippen molar-refractivity contribution < 1.29 is 4.74 Å². The quantitative estimate of drug-likeness (QED) is 0.691. The summed E-state index contributed by atoms with van der Waals surface area (Å²) in [6, 6.07) is 14.3. The van der Waals surface area contributed by atoms with E-state index < -0.39 is 0 Å². The maximum atomic E-state index is 6.06. The average Bonchev–Trinajstić information content (AvgIpc) is 2.80. The van der Waals surface area contributed by atoms with Crippen molar-refractivity contribution in [3.8, 4) is 5.75 Å². The molecule has 0 saturated heterocycles. The van der Waals surface area contributed by atoms with Gasteiger partial charge in [0.1, 0.15) is 5.75 Å². The van der Waals surface area contributed by atoms with E-state index in [9.17, 15) is 0 Å². The van der Waals surface area contributed by atoms with E-state index in [1.54, 1.807) is 7.11 Å². The number of nitrogens with zero attached hydrogens (tertiary/aromatic N) is 2. The Balaban J connectivity index is 1.90. The highest BCUT2D eigenvalue weighted by Gasteiger charge is 2.09. The van der Waals surface area contributed by atoms with Gasteiger partial charge in [-0.05, 0) is 58.8 Å². The van der Waals surface area contributed by atoms with Gasteiger partial charge >= 0.3 is 0 Å². The van der Waals surface area contributed by atoms with Crippen molar-refractivity contribution in [2.45, 2.75) is 13.0 Å². The van der Waals surface area contributed by atoms with Gasteiger partial charge in [0.05, 0.1) is 18.1 Å². The molecule has 4 nitrogen and oxygen atoms in total. The fourth-order valence-corrected chi connectivity index (χ4v) is 2.97. The summed E-state index contributed by atoms with van der Waals surface area (Å²) in [5.41, 5.74) is 9.25. The molecule has 1 aromatic heterocycles. The molecule has 0 fully saturated rings. The van der Waals surface area contributed by atoms with Crippen molar-refractivity contribution >= 4 is 39.6 Å². The smallest absolute Gasteiger partial charge is 0.201 e. The molecule has 21 heavy (non-hydrogen) atoms. The predicted molar refractivity (Wildman–Crippen MR) is 93.6 cm³/mol. The van der Waals surface area contributed by atoms with Gasteiger partial charge in [-0.2, -0.15) is 0 Å². The number of methoxy groups -OCH3 is 1. The highest BCUT2D eigenvalue weighted by atomic mass is 127. The lowest BCUT2D eigenvalue weighted by Gasteiger charge is -2.10. The fourth-order valence-electron chi connectivity index (χ4n) is 2.50. The molecular weight excluding hydrogens is 377 g/mol. The van der Waals surface area contributed by atoms with Crippen molar-refractivity contribution in [2.24, 2.45) is 0 Å². The zero-order chi connectivity index (χ0) is 14.8. The summed E-state index contributed by atoms with van der Waals surface area (Å²) >= 11 is 2.28. The van der Waals surface area contributed by atoms with Gasteiger partial charge in [-0.3, -0.25) is 0 Å². The highest BCUT2D eigenvalue weighted by Crippen LogP contribution is 2.23. The van der Waals surface area contributed by atoms with Crippen LogP contribution < -0.4 is 10.5 Å². The summed E-state index contributed by atoms with van der Waals surface area (Å²) in [5, 5.41) is 0. The van der Waals surface area contributed by atoms with Gasteiger partial charge in [-0.25, -0.2) is 4.98 Å². The summed E-state index contributed by atoms with van der Waals surface area (Å²) in [6.07, 6.45) is 0.853. The van der Waals surface area contributed by atoms with E-state index in [0.717, 1.165) is 33.3 Å². The first kappa shape index (κ1) is 14.2. The van der Waals surface area contributed by atoms with Crippen molar-refractivity contribution in [3.05, 3.63) is 51.6 Å². The lowest BCUT2D eigenvalue weighted by molar-refractivity contribution is 0.408. The minimum Gasteiger partial charge on any atom is -0.496 e. The van der Waals surface area contributed by atoms with Crippen LogP contribution >= 0.6 is 22.6 Å². The number of hydrogen-bond donors (Lipinski definition) is 1. The van der Waals surface area contributed by atoms with Crippen LogP contribution in [0.3, 0.4) is 0 Å². The molecule has 3 rings (SSSR count). The first-order valence-electron chi connectivity index (χ1n) is 6.72. The molecule has 3 aromatic rings. The number of nitrogen functional groups attached to an aromatic ring is 1. The maximum Gasteiger partial charge on any atom is 0.201 e. The van der Waals surface area contributed by atoms with Gasteiger partial charge in [0, 0.05) is 10.1 Å². The fraction of sp³-hybridized carbons (Fsp3) is 0.188. The number of aromatic nitrogens is 2. The number of halogens is 1. The number of benzene rings is 2. The van der Waals surface area contributed by atoms with E-state index in [-0.39, 0.29) is 0 Å². The van der Waals surface area contributed by atoms with E-state index in [1.165, 1.54) is 5.56 Å². The highest BCUT2D eigenvalue weighted by molar-refractivity contribution is 14.1. The Hall–Kier alpha value is -1.76. The third kappa shape index (κ3) is 2.83. The molecule has 2 aromatic carbocycles. The van der Waals surface area contributed by atoms with Crippen LogP contribution in [0, 0.1) is 3.57 Å². The summed E-state index contributed by atoms with van der Waals surface area (Å²) in [4.78, 5) is 4.43. The number of aryl methyl sites for hydroxylation is 2. The van der Waals surface area contributed by atoms with Crippen LogP contribution in [0.1, 0.15) is 5.56 Å². The standard InChI is InChI=1S/C16H16IN3O/c1-21-15-5-3-2-4-11(15)8-9-20-14-7-6-12(17)10-13(14)19-16(20)18/h2-7,10H,8-9H2,1H3,(H2,18,19). The van der Waals surface area contributed by atoms with Crippen molar-refractivity contribution in [1.82, 2.24) is 9.55 Å². The number of nitrogens with two attached hydrogens (primary N) is 1. The molecule has 0 saturated carbocycles. The minimum atomic E-state index is 0.557. The third-order valence-corrected chi connectivity index (χ3v) is 4.21. The van der Waals surface area contributed by atoms with Gasteiger partial charge in [-0.15, -0.1) is 0 Å². The van der Waals surface area contributed by atoms with Crippen molar-refractivity contribution in [3.63, 3.8) is 0 Å². The molecule has 0 aliphatic heterocycles. The van der Waals surface area contributed by atoms with Crippen LogP contribution in [0.2, 0.25) is 0 Å². The molecule has 0 unspecified atom stereocenters. The van der Waals surface area contributed by atoms with Crippen molar-refractivity contribution in [1.29, 1.82) is 0 Å². The summed E-state index contributed by atoms with van der Waals surface area (Å²) in [6.45, 7) is 0.781. The van der Waals surface area contributed by atoms with Crippen LogP contribution in [0.5, 0.6) is 5.75 Å². The van der Waals surface area contributed by atoms with Gasteiger partial charge in [0.25, 0.3) is 0 Å². The molecule has 1 heterocycles. The predicted octanol–water partition coefficient (Wildman–Crippen LogP) is 3.47. The Labute approximate surface area is 137 Å². The summed E-state index contributed by atoms with van der Waals surface area (Å²) in [5.74, 6) is 1.47. The average molecular weight is 393 g/mol. The Kier molecular flexibility index (Phi) is 4.01. The molecule has 0 amide bonds. The number of fused-ring (bicyclic) bond motifs is 1. The first-order chi connectivity index (χ1) is 10.2. The lowest BCUT2D eigenvalue weighted by Crippen LogP contribution is -2.06. The summed E-state index contributed by atoms with van der Waals surface area (Å²) < 4.78 is 8.61. The monoisotopic (exact) mass is 393 g/mol. The Bertz CT molecular complexity index is 782. The van der Waals surface area contributed by atoms with E-state index in [4.69, 9.17) is 10.5 Å². The third-order valence-electron chi connectivity index (χ3n) is 3.54. The van der Waals surface area contributed by atoms with E-state index in [2.05, 4.69) is 50.3 Å². The Morgan fingerprint density at radius 1 is 1.24 bits per heavy atom. The number of ether oxygens (including phenoxy) is 1. The topological polar surface area (TPSA) is 53.1 Å². The number of anilines is 1. The summed E-state index contributed by atoms with van der Waals surface area (Å²) in [7, 11) is 1.70. The second-order valence-electron chi connectivity index (χ2n) is 4.82. The number of imidazole rings is 1. The van der Waals surface area contributed by atoms with Crippen molar-refractivity contribution in [2.75, 3.05) is 12.8 Å². The van der Waals surface area contributed by atoms with Crippen LogP contribution in [0.4, 0.5) is 5.95 Å². The minimum absolute atomic E-state index is 0.557. The molecule has 5 heteroatoms. The maximum absolute atomic E-state index is 6.06. The number of rotatable bonds is 4. The normalized spacial score (nSPS) is 11.0. The number of hydrogen-bond acceptors (Lipinski definition) is 3. The second kappa shape index (κ2) is 5.93. The SMILES string of the molecule is COc1ccccc1CCn1c(N)nc2cc(I)ccc21. The molecule has 0 spiro atoms. The molecular formula is C16H16IN3O. The molecule has 108 valence electrons. The second-order valence-corrected chi connectivity index (χ2v) is 6.06. The van der Waals surface area contributed by atoms with E-state index in [0.29, 0.717) is 5.95 Å². The molecule has 0 aliphatic carbocycles. The van der Waals surface area contributed by atoms with Crippen LogP contribution in [0.25, 0.3) is 11.0 Å². The zero-order valence-corrected chi connectivity index (χ0v) is 13.9.